The average Bonchev–Trinajstić information content (AvgIpc) is 3.11. The monoisotopic (exact) mass is 390 g/mol. The van der Waals surface area contributed by atoms with Crippen molar-refractivity contribution in [3.8, 4) is 5.75 Å². The normalized spacial score (nSPS) is 30.1. The molecule has 0 aliphatic heterocycles. The number of hydrogen-bond acceptors (Lipinski definition) is 2. The topological polar surface area (TPSA) is 46.5 Å². The molecule has 29 heavy (non-hydrogen) atoms. The molecule has 2 aromatic rings. The average molecular weight is 391 g/mol. The van der Waals surface area contributed by atoms with Crippen molar-refractivity contribution in [3.63, 3.8) is 0 Å². The standard InChI is InChI=1S/C26H30O3/c1-24(2)11-12-25(3,4)20-18(7-6-8-19(20)24)22-21-17-10-9-16(29-23(27)28)13-15(17)14-26(21,22)5/h6-10,13,21-22H,11-12,14H2,1-5H3,(H,27,28). The van der Waals surface area contributed by atoms with Gasteiger partial charge in [0.1, 0.15) is 5.75 Å². The van der Waals surface area contributed by atoms with Crippen LogP contribution in [0.15, 0.2) is 36.4 Å². The molecule has 0 radical (unpaired) electrons. The molecule has 2 aromatic carbocycles. The molecule has 0 aromatic heterocycles. The summed E-state index contributed by atoms with van der Waals surface area (Å²) >= 11 is 0. The van der Waals surface area contributed by atoms with Gasteiger partial charge in [-0.1, -0.05) is 58.9 Å². The van der Waals surface area contributed by atoms with Gasteiger partial charge in [0.05, 0.1) is 0 Å². The van der Waals surface area contributed by atoms with Gasteiger partial charge < -0.3 is 9.84 Å². The first kappa shape index (κ1) is 18.7. The molecule has 5 rings (SSSR count). The van der Waals surface area contributed by atoms with Crippen molar-refractivity contribution in [1.82, 2.24) is 0 Å². The van der Waals surface area contributed by atoms with Crippen molar-refractivity contribution >= 4 is 6.16 Å². The molecule has 1 N–H and O–H groups in total. The zero-order chi connectivity index (χ0) is 20.8. The summed E-state index contributed by atoms with van der Waals surface area (Å²) in [6.07, 6.45) is 2.20. The van der Waals surface area contributed by atoms with Crippen LogP contribution in [0.5, 0.6) is 5.75 Å². The summed E-state index contributed by atoms with van der Waals surface area (Å²) in [6.45, 7) is 12.0. The zero-order valence-corrected chi connectivity index (χ0v) is 18.0. The number of carboxylic acid groups (broad SMARTS) is 1. The molecule has 1 fully saturated rings. The van der Waals surface area contributed by atoms with Gasteiger partial charge in [-0.15, -0.1) is 0 Å². The van der Waals surface area contributed by atoms with Crippen LogP contribution in [-0.4, -0.2) is 11.3 Å². The van der Waals surface area contributed by atoms with E-state index in [4.69, 9.17) is 9.84 Å². The lowest BCUT2D eigenvalue weighted by Gasteiger charge is -2.43. The highest BCUT2D eigenvalue weighted by atomic mass is 16.7. The summed E-state index contributed by atoms with van der Waals surface area (Å²) in [4.78, 5) is 10.9. The van der Waals surface area contributed by atoms with Crippen molar-refractivity contribution in [1.29, 1.82) is 0 Å². The van der Waals surface area contributed by atoms with Crippen LogP contribution in [-0.2, 0) is 17.3 Å². The molecule has 0 saturated heterocycles. The Morgan fingerprint density at radius 2 is 1.66 bits per heavy atom. The Morgan fingerprint density at radius 1 is 0.966 bits per heavy atom. The number of hydrogen-bond donors (Lipinski definition) is 1. The quantitative estimate of drug-likeness (QED) is 0.468. The molecular weight excluding hydrogens is 360 g/mol. The lowest BCUT2D eigenvalue weighted by Crippen LogP contribution is -2.35. The number of rotatable bonds is 2. The van der Waals surface area contributed by atoms with Gasteiger partial charge in [-0.05, 0) is 87.3 Å². The van der Waals surface area contributed by atoms with Crippen LogP contribution in [0, 0.1) is 5.41 Å². The predicted molar refractivity (Wildman–Crippen MR) is 114 cm³/mol. The van der Waals surface area contributed by atoms with Gasteiger partial charge >= 0.3 is 6.16 Å². The fraction of sp³-hybridized carbons (Fsp3) is 0.500. The maximum atomic E-state index is 10.9. The fourth-order valence-corrected chi connectivity index (χ4v) is 6.50. The van der Waals surface area contributed by atoms with Crippen LogP contribution in [0.2, 0.25) is 0 Å². The van der Waals surface area contributed by atoms with Crippen molar-refractivity contribution in [2.45, 2.75) is 76.5 Å². The van der Waals surface area contributed by atoms with Crippen molar-refractivity contribution in [2.24, 2.45) is 5.41 Å². The molecule has 0 heterocycles. The summed E-state index contributed by atoms with van der Waals surface area (Å²) in [6, 6.07) is 12.8. The largest absolute Gasteiger partial charge is 0.511 e. The number of fused-ring (bicyclic) bond motifs is 4. The molecule has 0 bridgehead atoms. The van der Waals surface area contributed by atoms with E-state index in [1.807, 2.05) is 12.1 Å². The molecule has 3 heteroatoms. The minimum absolute atomic E-state index is 0.205. The Bertz CT molecular complexity index is 1030. The van der Waals surface area contributed by atoms with E-state index in [1.54, 1.807) is 11.1 Å². The Hall–Kier alpha value is -2.29. The molecule has 3 aliphatic rings. The molecule has 3 nitrogen and oxygen atoms in total. The lowest BCUT2D eigenvalue weighted by molar-refractivity contribution is 0.144. The van der Waals surface area contributed by atoms with Crippen molar-refractivity contribution in [2.75, 3.05) is 0 Å². The highest BCUT2D eigenvalue weighted by molar-refractivity contribution is 5.63. The summed E-state index contributed by atoms with van der Waals surface area (Å²) in [5.41, 5.74) is 7.94. The van der Waals surface area contributed by atoms with Crippen molar-refractivity contribution in [3.05, 3.63) is 64.2 Å². The second-order valence-electron chi connectivity index (χ2n) is 10.9. The van der Waals surface area contributed by atoms with E-state index in [-0.39, 0.29) is 16.2 Å². The Kier molecular flexibility index (Phi) is 3.65. The zero-order valence-electron chi connectivity index (χ0n) is 18.0. The summed E-state index contributed by atoms with van der Waals surface area (Å²) < 4.78 is 4.88. The third kappa shape index (κ3) is 2.59. The maximum absolute atomic E-state index is 10.9. The minimum atomic E-state index is -1.25. The summed E-state index contributed by atoms with van der Waals surface area (Å²) in [5, 5.41) is 8.90. The molecule has 1 saturated carbocycles. The molecule has 3 atom stereocenters. The maximum Gasteiger partial charge on any atom is 0.511 e. The van der Waals surface area contributed by atoms with Gasteiger partial charge in [-0.25, -0.2) is 4.79 Å². The summed E-state index contributed by atoms with van der Waals surface area (Å²) in [5.74, 6) is 1.49. The van der Waals surface area contributed by atoms with E-state index in [0.29, 0.717) is 17.6 Å². The molecule has 3 aliphatic carbocycles. The molecule has 3 unspecified atom stereocenters. The van der Waals surface area contributed by atoms with E-state index in [0.717, 1.165) is 6.42 Å². The highest BCUT2D eigenvalue weighted by Gasteiger charge is 2.66. The van der Waals surface area contributed by atoms with Crippen LogP contribution >= 0.6 is 0 Å². The number of benzene rings is 2. The smallest absolute Gasteiger partial charge is 0.449 e. The van der Waals surface area contributed by atoms with E-state index < -0.39 is 6.16 Å². The molecular formula is C26H30O3. The first-order valence-electron chi connectivity index (χ1n) is 10.7. The van der Waals surface area contributed by atoms with E-state index in [9.17, 15) is 4.79 Å². The van der Waals surface area contributed by atoms with Crippen LogP contribution in [0.4, 0.5) is 4.79 Å². The predicted octanol–water partition coefficient (Wildman–Crippen LogP) is 6.54. The second kappa shape index (κ2) is 5.65. The molecule has 0 amide bonds. The Labute approximate surface area is 173 Å². The van der Waals surface area contributed by atoms with E-state index >= 15 is 0 Å². The van der Waals surface area contributed by atoms with Gasteiger partial charge in [0.2, 0.25) is 0 Å². The Balaban J connectivity index is 1.57. The first-order chi connectivity index (χ1) is 13.5. The van der Waals surface area contributed by atoms with E-state index in [2.05, 4.69) is 58.9 Å². The van der Waals surface area contributed by atoms with E-state index in [1.165, 1.54) is 29.5 Å². The van der Waals surface area contributed by atoms with Gasteiger partial charge in [-0.2, -0.15) is 0 Å². The Morgan fingerprint density at radius 3 is 2.38 bits per heavy atom. The number of carbonyl (C=O) groups is 1. The minimum Gasteiger partial charge on any atom is -0.449 e. The molecule has 152 valence electrons. The lowest BCUT2D eigenvalue weighted by atomic mass is 9.61. The van der Waals surface area contributed by atoms with Gasteiger partial charge in [-0.3, -0.25) is 0 Å². The van der Waals surface area contributed by atoms with Gasteiger partial charge in [0.15, 0.2) is 0 Å². The van der Waals surface area contributed by atoms with Crippen LogP contribution in [0.3, 0.4) is 0 Å². The van der Waals surface area contributed by atoms with Crippen LogP contribution in [0.25, 0.3) is 0 Å². The fourth-order valence-electron chi connectivity index (χ4n) is 6.50. The highest BCUT2D eigenvalue weighted by Crippen LogP contribution is 2.76. The second-order valence-corrected chi connectivity index (χ2v) is 10.9. The molecule has 0 spiro atoms. The number of ether oxygens (including phenoxy) is 1. The SMILES string of the molecule is CC1(C)CCC(C)(C)c2c(C3C4c5ccc(OC(=O)O)cc5CC43C)cccc21. The van der Waals surface area contributed by atoms with Crippen molar-refractivity contribution < 1.29 is 14.6 Å². The van der Waals surface area contributed by atoms with Crippen LogP contribution < -0.4 is 4.74 Å². The van der Waals surface area contributed by atoms with Gasteiger partial charge in [0.25, 0.3) is 0 Å². The van der Waals surface area contributed by atoms with Crippen LogP contribution in [0.1, 0.15) is 87.1 Å². The summed E-state index contributed by atoms with van der Waals surface area (Å²) in [7, 11) is 0. The van der Waals surface area contributed by atoms with Gasteiger partial charge in [0, 0.05) is 0 Å². The first-order valence-corrected chi connectivity index (χ1v) is 10.7. The third-order valence-electron chi connectivity index (χ3n) is 8.08. The third-order valence-corrected chi connectivity index (χ3v) is 8.08.